The van der Waals surface area contributed by atoms with Gasteiger partial charge in [0.1, 0.15) is 5.78 Å². The number of benzene rings is 1. The SMILES string of the molecule is CC(C)(C)C(=O)[C-]1C(=O)c2ccccc2C1=O.[Na+]. The topological polar surface area (TPSA) is 51.2 Å². The molecule has 0 saturated carbocycles. The fraction of sp³-hybridized carbons (Fsp3) is 0.286. The number of hydrogen-bond acceptors (Lipinski definition) is 3. The van der Waals surface area contributed by atoms with Gasteiger partial charge in [-0.25, -0.2) is 0 Å². The molecule has 18 heavy (non-hydrogen) atoms. The average Bonchev–Trinajstić information content (AvgIpc) is 2.51. The predicted octanol–water partition coefficient (Wildman–Crippen LogP) is -0.741. The summed E-state index contributed by atoms with van der Waals surface area (Å²) in [5.74, 6) is -1.46. The molecule has 0 bridgehead atoms. The van der Waals surface area contributed by atoms with E-state index in [0.717, 1.165) is 0 Å². The first-order valence-corrected chi connectivity index (χ1v) is 5.44. The molecule has 0 amide bonds. The van der Waals surface area contributed by atoms with Gasteiger partial charge in [0.15, 0.2) is 0 Å². The van der Waals surface area contributed by atoms with Crippen molar-refractivity contribution in [1.82, 2.24) is 0 Å². The molecule has 0 radical (unpaired) electrons. The van der Waals surface area contributed by atoms with Gasteiger partial charge in [0.2, 0.25) is 0 Å². The van der Waals surface area contributed by atoms with Crippen LogP contribution >= 0.6 is 0 Å². The van der Waals surface area contributed by atoms with Crippen molar-refractivity contribution in [2.45, 2.75) is 20.8 Å². The molecule has 0 aliphatic heterocycles. The second-order valence-electron chi connectivity index (χ2n) is 5.16. The van der Waals surface area contributed by atoms with Gasteiger partial charge in [-0.3, -0.25) is 0 Å². The Morgan fingerprint density at radius 3 is 1.72 bits per heavy atom. The Balaban J connectivity index is 0.00000162. The van der Waals surface area contributed by atoms with Crippen molar-refractivity contribution in [1.29, 1.82) is 0 Å². The Bertz CT molecular complexity index is 491. The molecule has 88 valence electrons. The number of carbonyl (C=O) groups is 3. The second kappa shape index (κ2) is 5.00. The summed E-state index contributed by atoms with van der Waals surface area (Å²) in [4.78, 5) is 36.1. The van der Waals surface area contributed by atoms with E-state index < -0.39 is 17.0 Å². The zero-order valence-corrected chi connectivity index (χ0v) is 13.0. The van der Waals surface area contributed by atoms with Crippen LogP contribution in [-0.4, -0.2) is 17.3 Å². The maximum absolute atomic E-state index is 12.1. The van der Waals surface area contributed by atoms with Crippen molar-refractivity contribution in [3.63, 3.8) is 0 Å². The van der Waals surface area contributed by atoms with Crippen LogP contribution in [0.15, 0.2) is 24.3 Å². The summed E-state index contributed by atoms with van der Waals surface area (Å²) >= 11 is 0. The fourth-order valence-electron chi connectivity index (χ4n) is 1.83. The smallest absolute Gasteiger partial charge is 0.318 e. The summed E-state index contributed by atoms with van der Waals surface area (Å²) in [7, 11) is 0. The van der Waals surface area contributed by atoms with Crippen LogP contribution in [0.2, 0.25) is 0 Å². The molecular formula is C14H13NaO3. The molecule has 0 heterocycles. The van der Waals surface area contributed by atoms with E-state index in [2.05, 4.69) is 0 Å². The molecule has 1 aliphatic carbocycles. The van der Waals surface area contributed by atoms with Crippen LogP contribution in [0.4, 0.5) is 0 Å². The summed E-state index contributed by atoms with van der Waals surface area (Å²) < 4.78 is 0. The van der Waals surface area contributed by atoms with Crippen molar-refractivity contribution in [3.8, 4) is 0 Å². The summed E-state index contributed by atoms with van der Waals surface area (Å²) in [6.45, 7) is 5.10. The number of fused-ring (bicyclic) bond motifs is 1. The van der Waals surface area contributed by atoms with Gasteiger partial charge < -0.3 is 14.4 Å². The van der Waals surface area contributed by atoms with Gasteiger partial charge in [-0.05, 0) is 0 Å². The zero-order chi connectivity index (χ0) is 12.8. The van der Waals surface area contributed by atoms with E-state index in [4.69, 9.17) is 0 Å². The Morgan fingerprint density at radius 2 is 1.39 bits per heavy atom. The molecule has 0 atom stereocenters. The second-order valence-corrected chi connectivity index (χ2v) is 5.16. The van der Waals surface area contributed by atoms with Gasteiger partial charge >= 0.3 is 29.6 Å². The molecule has 1 aromatic rings. The largest absolute Gasteiger partial charge is 1.00 e. The monoisotopic (exact) mass is 252 g/mol. The molecule has 0 unspecified atom stereocenters. The molecule has 0 fully saturated rings. The first-order chi connectivity index (χ1) is 7.84. The molecule has 1 aromatic carbocycles. The van der Waals surface area contributed by atoms with E-state index in [1.54, 1.807) is 45.0 Å². The van der Waals surface area contributed by atoms with E-state index in [9.17, 15) is 14.4 Å². The third-order valence-electron chi connectivity index (χ3n) is 2.78. The van der Waals surface area contributed by atoms with Gasteiger partial charge in [0.25, 0.3) is 0 Å². The summed E-state index contributed by atoms with van der Waals surface area (Å²) in [6, 6.07) is 6.54. The minimum atomic E-state index is -0.720. The van der Waals surface area contributed by atoms with E-state index in [0.29, 0.717) is 11.1 Å². The number of rotatable bonds is 1. The van der Waals surface area contributed by atoms with E-state index in [1.807, 2.05) is 0 Å². The Hall–Kier alpha value is -0.900. The predicted molar refractivity (Wildman–Crippen MR) is 62.8 cm³/mol. The van der Waals surface area contributed by atoms with Crippen molar-refractivity contribution < 1.29 is 43.9 Å². The van der Waals surface area contributed by atoms with Crippen LogP contribution in [0.5, 0.6) is 0 Å². The van der Waals surface area contributed by atoms with E-state index >= 15 is 0 Å². The van der Waals surface area contributed by atoms with Crippen molar-refractivity contribution >= 4 is 17.3 Å². The zero-order valence-electron chi connectivity index (χ0n) is 11.0. The summed E-state index contributed by atoms with van der Waals surface area (Å²) in [5.41, 5.74) is -0.0434. The molecule has 0 spiro atoms. The normalized spacial score (nSPS) is 14.3. The van der Waals surface area contributed by atoms with Crippen LogP contribution in [0.1, 0.15) is 41.5 Å². The Kier molecular flexibility index (Phi) is 4.21. The van der Waals surface area contributed by atoms with Crippen molar-refractivity contribution in [3.05, 3.63) is 41.3 Å². The van der Waals surface area contributed by atoms with E-state index in [-0.39, 0.29) is 41.3 Å². The summed E-state index contributed by atoms with van der Waals surface area (Å²) in [6.07, 6.45) is 0. The minimum absolute atomic E-state index is 0. The van der Waals surface area contributed by atoms with Gasteiger partial charge in [0, 0.05) is 11.3 Å². The van der Waals surface area contributed by atoms with Crippen molar-refractivity contribution in [2.24, 2.45) is 5.41 Å². The third kappa shape index (κ3) is 2.30. The average molecular weight is 252 g/mol. The van der Waals surface area contributed by atoms with Crippen LogP contribution in [0.25, 0.3) is 0 Å². The quantitative estimate of drug-likeness (QED) is 0.488. The molecule has 2 rings (SSSR count). The van der Waals surface area contributed by atoms with Gasteiger partial charge in [0.05, 0.1) is 11.6 Å². The molecule has 4 heteroatoms. The number of Topliss-reactive ketones (excluding diaryl/α,β-unsaturated/α-hetero) is 3. The van der Waals surface area contributed by atoms with Crippen molar-refractivity contribution in [2.75, 3.05) is 0 Å². The maximum atomic E-state index is 12.1. The standard InChI is InChI=1S/C14H13O3.Na/c1-14(2,3)13(17)10-11(15)8-6-4-5-7-9(8)12(10)16;/h4-7H,1-3H3;/q-1;+1. The molecule has 0 saturated heterocycles. The number of carbonyl (C=O) groups excluding carboxylic acids is 3. The van der Waals surface area contributed by atoms with E-state index in [1.165, 1.54) is 0 Å². The molecule has 1 aliphatic rings. The fourth-order valence-corrected chi connectivity index (χ4v) is 1.83. The third-order valence-corrected chi connectivity index (χ3v) is 2.78. The van der Waals surface area contributed by atoms with Gasteiger partial charge in [-0.2, -0.15) is 0 Å². The molecule has 0 N–H and O–H groups in total. The Morgan fingerprint density at radius 1 is 1.00 bits per heavy atom. The van der Waals surface area contributed by atoms with Crippen LogP contribution < -0.4 is 29.6 Å². The molecule has 3 nitrogen and oxygen atoms in total. The number of ketones is 3. The first kappa shape index (κ1) is 15.2. The Labute approximate surface area is 128 Å². The molecular weight excluding hydrogens is 239 g/mol. The minimum Gasteiger partial charge on any atom is -0.318 e. The first-order valence-electron chi connectivity index (χ1n) is 5.44. The number of hydrogen-bond donors (Lipinski definition) is 0. The molecule has 0 aromatic heterocycles. The van der Waals surface area contributed by atoms with Crippen LogP contribution in [0, 0.1) is 11.3 Å². The van der Waals surface area contributed by atoms with Gasteiger partial charge in [-0.15, -0.1) is 23.3 Å². The van der Waals surface area contributed by atoms with Gasteiger partial charge in [-0.1, -0.05) is 32.9 Å². The van der Waals surface area contributed by atoms with Crippen LogP contribution in [0.3, 0.4) is 0 Å². The maximum Gasteiger partial charge on any atom is 1.00 e. The van der Waals surface area contributed by atoms with Crippen LogP contribution in [-0.2, 0) is 4.79 Å². The summed E-state index contributed by atoms with van der Waals surface area (Å²) in [5, 5.41) is 0.